The molecule has 0 atom stereocenters. The topological polar surface area (TPSA) is 0 Å². The first-order chi connectivity index (χ1) is 13.5. The molecule has 0 unspecified atom stereocenters. The molecule has 156 valence electrons. The molecule has 0 saturated heterocycles. The normalized spacial score (nSPS) is 12.9. The third-order valence-electron chi connectivity index (χ3n) is 4.05. The van der Waals surface area contributed by atoms with E-state index in [0.29, 0.717) is 0 Å². The Kier molecular flexibility index (Phi) is 15.3. The zero-order chi connectivity index (χ0) is 20.4. The predicted molar refractivity (Wildman–Crippen MR) is 121 cm³/mol. The molecular weight excluding hydrogens is 503 g/mol. The number of benzene rings is 2. The molecule has 0 radical (unpaired) electrons. The first-order valence-electron chi connectivity index (χ1n) is 9.66. The van der Waals surface area contributed by atoms with E-state index < -0.39 is 0 Å². The second-order valence-electron chi connectivity index (χ2n) is 7.13. The molecule has 2 aliphatic carbocycles. The minimum Gasteiger partial charge on any atom is -1.00 e. The van der Waals surface area contributed by atoms with Crippen molar-refractivity contribution in [1.82, 2.24) is 0 Å². The Labute approximate surface area is 210 Å². The van der Waals surface area contributed by atoms with E-state index in [1.165, 1.54) is 33.4 Å². The Balaban J connectivity index is 0.000000452. The Hall–Kier alpha value is -0.920. The van der Waals surface area contributed by atoms with Crippen molar-refractivity contribution < 1.29 is 48.1 Å². The van der Waals surface area contributed by atoms with Gasteiger partial charge < -0.3 is 24.8 Å². The van der Waals surface area contributed by atoms with Crippen LogP contribution < -0.4 is 24.8 Å². The SMILES string of the molecule is C[Si](C)=[Zr+2].Cc1cccc(C2=[C-]CC=C2)c1.Cc1cccc(C2=[C-]CC=C2)c1.[Cl-].[Cl-]. The van der Waals surface area contributed by atoms with Gasteiger partial charge in [0.1, 0.15) is 0 Å². The summed E-state index contributed by atoms with van der Waals surface area (Å²) in [6, 6.07) is 17.1. The van der Waals surface area contributed by atoms with Crippen LogP contribution in [0, 0.1) is 26.0 Å². The predicted octanol–water partition coefficient (Wildman–Crippen LogP) is 1.08. The average molecular weight is 531 g/mol. The first kappa shape index (κ1) is 29.1. The van der Waals surface area contributed by atoms with Crippen LogP contribution in [-0.4, -0.2) is 5.43 Å². The van der Waals surface area contributed by atoms with E-state index in [4.69, 9.17) is 0 Å². The van der Waals surface area contributed by atoms with Crippen LogP contribution in [0.5, 0.6) is 0 Å². The molecule has 0 heterocycles. The van der Waals surface area contributed by atoms with Crippen molar-refractivity contribution in [2.75, 3.05) is 0 Å². The van der Waals surface area contributed by atoms with Crippen LogP contribution in [0.15, 0.2) is 72.8 Å². The zero-order valence-corrected chi connectivity index (χ0v) is 23.1. The fraction of sp³-hybridized carbons (Fsp3) is 0.231. The smallest absolute Gasteiger partial charge is 0.0408 e. The Morgan fingerprint density at radius 2 is 1.10 bits per heavy atom. The van der Waals surface area contributed by atoms with Gasteiger partial charge in [0.15, 0.2) is 0 Å². The van der Waals surface area contributed by atoms with Gasteiger partial charge in [-0.1, -0.05) is 48.2 Å². The van der Waals surface area contributed by atoms with Gasteiger partial charge in [-0.25, -0.2) is 0 Å². The number of rotatable bonds is 2. The van der Waals surface area contributed by atoms with E-state index in [9.17, 15) is 0 Å². The summed E-state index contributed by atoms with van der Waals surface area (Å²) in [6.45, 7) is 8.84. The second-order valence-corrected chi connectivity index (χ2v) is 16.5. The minimum absolute atomic E-state index is 0. The third kappa shape index (κ3) is 10.9. The molecule has 4 rings (SSSR count). The fourth-order valence-corrected chi connectivity index (χ4v) is 2.83. The molecule has 0 aromatic heterocycles. The van der Waals surface area contributed by atoms with Crippen LogP contribution in [0.2, 0.25) is 13.1 Å². The van der Waals surface area contributed by atoms with Crippen LogP contribution in [0.3, 0.4) is 0 Å². The summed E-state index contributed by atoms with van der Waals surface area (Å²) in [7, 11) is 0. The third-order valence-corrected chi connectivity index (χ3v) is 4.05. The molecule has 2 aliphatic rings. The van der Waals surface area contributed by atoms with Crippen molar-refractivity contribution in [1.29, 1.82) is 0 Å². The zero-order valence-electron chi connectivity index (χ0n) is 18.1. The van der Waals surface area contributed by atoms with Crippen LogP contribution in [-0.2, 0) is 23.3 Å². The van der Waals surface area contributed by atoms with Gasteiger partial charge in [0.05, 0.1) is 0 Å². The number of allylic oxidation sites excluding steroid dienone is 8. The molecule has 30 heavy (non-hydrogen) atoms. The summed E-state index contributed by atoms with van der Waals surface area (Å²) < 4.78 is 0. The molecule has 0 fully saturated rings. The standard InChI is InChI=1S/2C12H11.C2H6Si.2ClH.Zr/c2*1-10-5-4-8-12(9-10)11-6-2-3-7-11;1-3-2;;;/h2*2,4-6,8-9H,3H2,1H3;1-2H3;2*1H;/q2*-1;;;;+2/p-2. The minimum atomic E-state index is 0. The Morgan fingerprint density at radius 1 is 0.733 bits per heavy atom. The number of aryl methyl sites for hydroxylation is 2. The first-order valence-corrected chi connectivity index (χ1v) is 15.8. The van der Waals surface area contributed by atoms with Crippen LogP contribution in [0.25, 0.3) is 11.1 Å². The summed E-state index contributed by atoms with van der Waals surface area (Å²) in [4.78, 5) is 0. The molecule has 0 nitrogen and oxygen atoms in total. The number of halogens is 2. The quantitative estimate of drug-likeness (QED) is 0.403. The molecule has 0 spiro atoms. The van der Waals surface area contributed by atoms with Crippen molar-refractivity contribution in [3.63, 3.8) is 0 Å². The van der Waals surface area contributed by atoms with Gasteiger partial charge in [-0.15, -0.1) is 47.5 Å². The maximum Gasteiger partial charge on any atom is -0.0408 e. The number of hydrogen-bond acceptors (Lipinski definition) is 0. The molecule has 0 saturated carbocycles. The van der Waals surface area contributed by atoms with Crippen molar-refractivity contribution in [2.45, 2.75) is 39.8 Å². The molecule has 2 aromatic rings. The second kappa shape index (κ2) is 15.8. The largest absolute Gasteiger partial charge is 1.00 e. The van der Waals surface area contributed by atoms with Crippen LogP contribution >= 0.6 is 0 Å². The van der Waals surface area contributed by atoms with Crippen molar-refractivity contribution in [3.8, 4) is 0 Å². The molecule has 0 N–H and O–H groups in total. The van der Waals surface area contributed by atoms with Crippen LogP contribution in [0.1, 0.15) is 35.1 Å². The number of hydrogen-bond donors (Lipinski definition) is 0. The van der Waals surface area contributed by atoms with Gasteiger partial charge in [0.25, 0.3) is 0 Å². The monoisotopic (exact) mass is 528 g/mol. The summed E-state index contributed by atoms with van der Waals surface area (Å²) in [5.74, 6) is 0. The molecule has 2 aromatic carbocycles. The van der Waals surface area contributed by atoms with Gasteiger partial charge in [-0.05, 0) is 13.8 Å². The maximum atomic E-state index is 3.31. The summed E-state index contributed by atoms with van der Waals surface area (Å²) in [6.07, 6.45) is 17.1. The molecular formula is C26H28Cl2SiZr-2. The summed E-state index contributed by atoms with van der Waals surface area (Å²) in [5, 5.41) is 0. The van der Waals surface area contributed by atoms with E-state index in [1.807, 2.05) is 0 Å². The molecule has 4 heteroatoms. The van der Waals surface area contributed by atoms with Gasteiger partial charge in [0.2, 0.25) is 0 Å². The van der Waals surface area contributed by atoms with Crippen molar-refractivity contribution >= 4 is 16.6 Å². The van der Waals surface area contributed by atoms with Gasteiger partial charge >= 0.3 is 41.9 Å². The Bertz CT molecular complexity index is 864. The van der Waals surface area contributed by atoms with Gasteiger partial charge in [0, 0.05) is 0 Å². The van der Waals surface area contributed by atoms with Gasteiger partial charge in [-0.2, -0.15) is 35.5 Å². The fourth-order valence-electron chi connectivity index (χ4n) is 2.83. The van der Waals surface area contributed by atoms with E-state index in [1.54, 1.807) is 23.3 Å². The molecule has 0 amide bonds. The van der Waals surface area contributed by atoms with E-state index in [2.05, 4.69) is 112 Å². The summed E-state index contributed by atoms with van der Waals surface area (Å²) in [5.41, 5.74) is 7.86. The Morgan fingerprint density at radius 3 is 1.37 bits per heavy atom. The maximum absolute atomic E-state index is 3.31. The van der Waals surface area contributed by atoms with E-state index in [0.717, 1.165) is 12.8 Å². The summed E-state index contributed by atoms with van der Waals surface area (Å²) >= 11 is 1.74. The van der Waals surface area contributed by atoms with E-state index in [-0.39, 0.29) is 30.2 Å². The van der Waals surface area contributed by atoms with E-state index >= 15 is 0 Å². The van der Waals surface area contributed by atoms with Crippen LogP contribution in [0.4, 0.5) is 0 Å². The molecule has 0 aliphatic heterocycles. The van der Waals surface area contributed by atoms with Gasteiger partial charge in [-0.3, -0.25) is 0 Å². The molecule has 0 bridgehead atoms. The van der Waals surface area contributed by atoms with Crippen molar-refractivity contribution in [3.05, 3.63) is 107 Å². The average Bonchev–Trinajstić information content (AvgIpc) is 3.36. The van der Waals surface area contributed by atoms with Crippen molar-refractivity contribution in [2.24, 2.45) is 0 Å².